The van der Waals surface area contributed by atoms with Crippen molar-refractivity contribution in [1.82, 2.24) is 0 Å². The summed E-state index contributed by atoms with van der Waals surface area (Å²) < 4.78 is 7.21. The fourth-order valence-electron chi connectivity index (χ4n) is 1.63. The molecule has 1 N–H and O–H groups in total. The summed E-state index contributed by atoms with van der Waals surface area (Å²) in [4.78, 5) is 0. The van der Waals surface area contributed by atoms with Crippen LogP contribution in [0.25, 0.3) is 0 Å². The maximum atomic E-state index is 6.08. The fourth-order valence-corrected chi connectivity index (χ4v) is 2.56. The third kappa shape index (κ3) is 3.88. The van der Waals surface area contributed by atoms with Gasteiger partial charge in [-0.2, -0.15) is 0 Å². The third-order valence-corrected chi connectivity index (χ3v) is 4.81. The lowest BCUT2D eigenvalue weighted by atomic mass is 10.2. The molecule has 0 aliphatic heterocycles. The predicted octanol–water partition coefficient (Wildman–Crippen LogP) is 5.49. The van der Waals surface area contributed by atoms with E-state index in [2.05, 4.69) is 49.3 Å². The van der Waals surface area contributed by atoms with Crippen LogP contribution in [0, 0.1) is 0 Å². The van der Waals surface area contributed by atoms with Gasteiger partial charge in [0.2, 0.25) is 0 Å². The summed E-state index contributed by atoms with van der Waals surface area (Å²) in [5.74, 6) is 0.679. The van der Waals surface area contributed by atoms with Crippen LogP contribution < -0.4 is 10.1 Å². The number of nitrogens with one attached hydrogen (secondary N) is 1. The molecule has 0 atom stereocenters. The molecular formula is C14H12Br2ClNO. The van der Waals surface area contributed by atoms with Crippen LogP contribution in [0.4, 0.5) is 5.69 Å². The first kappa shape index (κ1) is 14.7. The number of hydrogen-bond acceptors (Lipinski definition) is 2. The lowest BCUT2D eigenvalue weighted by Gasteiger charge is -2.09. The zero-order valence-corrected chi connectivity index (χ0v) is 14.1. The van der Waals surface area contributed by atoms with Gasteiger partial charge in [0.1, 0.15) is 5.75 Å². The molecule has 0 radical (unpaired) electrons. The fraction of sp³-hybridized carbons (Fsp3) is 0.143. The smallest absolute Gasteiger partial charge is 0.137 e. The summed E-state index contributed by atoms with van der Waals surface area (Å²) in [5, 5.41) is 3.92. The Morgan fingerprint density at radius 3 is 2.53 bits per heavy atom. The number of rotatable bonds is 4. The Morgan fingerprint density at radius 1 is 1.11 bits per heavy atom. The highest BCUT2D eigenvalue weighted by atomic mass is 79.9. The molecule has 0 fully saturated rings. The van der Waals surface area contributed by atoms with Gasteiger partial charge < -0.3 is 10.1 Å². The minimum Gasteiger partial charge on any atom is -0.495 e. The molecule has 0 saturated carbocycles. The van der Waals surface area contributed by atoms with Crippen LogP contribution in [0.1, 0.15) is 5.56 Å². The van der Waals surface area contributed by atoms with Crippen LogP contribution in [-0.2, 0) is 6.54 Å². The lowest BCUT2D eigenvalue weighted by molar-refractivity contribution is 0.415. The minimum atomic E-state index is 0.601. The average molecular weight is 406 g/mol. The van der Waals surface area contributed by atoms with Crippen LogP contribution >= 0.6 is 43.5 Å². The van der Waals surface area contributed by atoms with Gasteiger partial charge in [-0.3, -0.25) is 0 Å². The van der Waals surface area contributed by atoms with E-state index in [0.29, 0.717) is 10.8 Å². The Hall–Kier alpha value is -0.710. The van der Waals surface area contributed by atoms with Crippen molar-refractivity contribution in [3.8, 4) is 5.75 Å². The van der Waals surface area contributed by atoms with Gasteiger partial charge in [-0.1, -0.05) is 17.7 Å². The largest absolute Gasteiger partial charge is 0.495 e. The summed E-state index contributed by atoms with van der Waals surface area (Å²) in [6.07, 6.45) is 0. The molecule has 0 heterocycles. The van der Waals surface area contributed by atoms with Crippen LogP contribution in [0.15, 0.2) is 45.3 Å². The Balaban J connectivity index is 2.05. The zero-order chi connectivity index (χ0) is 13.8. The molecule has 2 rings (SSSR count). The van der Waals surface area contributed by atoms with Crippen molar-refractivity contribution in [3.63, 3.8) is 0 Å². The number of halogens is 3. The SMILES string of the molecule is COc1ccc(NCc2ccc(Br)c(Br)c2)cc1Cl. The Labute approximate surface area is 134 Å². The van der Waals surface area contributed by atoms with Gasteiger partial charge in [-0.15, -0.1) is 0 Å². The monoisotopic (exact) mass is 403 g/mol. The van der Waals surface area contributed by atoms with Gasteiger partial charge in [0.05, 0.1) is 12.1 Å². The summed E-state index contributed by atoms with van der Waals surface area (Å²) in [6.45, 7) is 0.731. The van der Waals surface area contributed by atoms with Crippen LogP contribution in [-0.4, -0.2) is 7.11 Å². The first-order valence-electron chi connectivity index (χ1n) is 5.61. The number of anilines is 1. The normalized spacial score (nSPS) is 10.3. The standard InChI is InChI=1S/C14H12Br2ClNO/c1-19-14-5-3-10(7-13(14)17)18-8-9-2-4-11(15)12(16)6-9/h2-7,18H,8H2,1H3. The number of benzene rings is 2. The summed E-state index contributed by atoms with van der Waals surface area (Å²) in [5.41, 5.74) is 2.15. The molecule has 2 aromatic rings. The first-order valence-corrected chi connectivity index (χ1v) is 7.58. The topological polar surface area (TPSA) is 21.3 Å². The van der Waals surface area contributed by atoms with E-state index < -0.39 is 0 Å². The summed E-state index contributed by atoms with van der Waals surface area (Å²) in [6, 6.07) is 11.8. The molecule has 0 aromatic heterocycles. The van der Waals surface area contributed by atoms with Gasteiger partial charge in [0, 0.05) is 21.2 Å². The average Bonchev–Trinajstić information content (AvgIpc) is 2.40. The van der Waals surface area contributed by atoms with Crippen LogP contribution in [0.2, 0.25) is 5.02 Å². The first-order chi connectivity index (χ1) is 9.10. The van der Waals surface area contributed by atoms with Gasteiger partial charge in [-0.25, -0.2) is 0 Å². The molecule has 2 nitrogen and oxygen atoms in total. The van der Waals surface area contributed by atoms with Crippen LogP contribution in [0.3, 0.4) is 0 Å². The second-order valence-corrected chi connectivity index (χ2v) is 6.07. The van der Waals surface area contributed by atoms with Crippen molar-refractivity contribution in [2.24, 2.45) is 0 Å². The summed E-state index contributed by atoms with van der Waals surface area (Å²) in [7, 11) is 1.60. The maximum Gasteiger partial charge on any atom is 0.137 e. The van der Waals surface area contributed by atoms with E-state index in [4.69, 9.17) is 16.3 Å². The number of ether oxygens (including phenoxy) is 1. The van der Waals surface area contributed by atoms with Gasteiger partial charge in [0.15, 0.2) is 0 Å². The lowest BCUT2D eigenvalue weighted by Crippen LogP contribution is -1.99. The Kier molecular flexibility index (Phi) is 5.13. The molecule has 0 aliphatic carbocycles. The molecule has 100 valence electrons. The summed E-state index contributed by atoms with van der Waals surface area (Å²) >= 11 is 13.0. The highest BCUT2D eigenvalue weighted by Crippen LogP contribution is 2.28. The van der Waals surface area contributed by atoms with Crippen molar-refractivity contribution in [1.29, 1.82) is 0 Å². The molecule has 0 spiro atoms. The van der Waals surface area contributed by atoms with E-state index in [1.54, 1.807) is 7.11 Å². The highest BCUT2D eigenvalue weighted by molar-refractivity contribution is 9.13. The molecule has 0 bridgehead atoms. The van der Waals surface area contributed by atoms with E-state index in [9.17, 15) is 0 Å². The molecule has 0 amide bonds. The van der Waals surface area contributed by atoms with Crippen LogP contribution in [0.5, 0.6) is 5.75 Å². The Morgan fingerprint density at radius 2 is 1.89 bits per heavy atom. The van der Waals surface area contributed by atoms with E-state index in [1.165, 1.54) is 5.56 Å². The van der Waals surface area contributed by atoms with Crippen molar-refractivity contribution in [2.45, 2.75) is 6.54 Å². The van der Waals surface area contributed by atoms with Gasteiger partial charge in [0.25, 0.3) is 0 Å². The molecule has 0 saturated heterocycles. The number of hydrogen-bond donors (Lipinski definition) is 1. The van der Waals surface area contributed by atoms with Crippen molar-refractivity contribution < 1.29 is 4.74 Å². The molecule has 0 aliphatic rings. The second-order valence-electron chi connectivity index (χ2n) is 3.95. The van der Waals surface area contributed by atoms with Gasteiger partial charge in [-0.05, 0) is 67.8 Å². The van der Waals surface area contributed by atoms with Crippen molar-refractivity contribution in [3.05, 3.63) is 55.9 Å². The molecule has 19 heavy (non-hydrogen) atoms. The molecule has 5 heteroatoms. The minimum absolute atomic E-state index is 0.601. The third-order valence-electron chi connectivity index (χ3n) is 2.63. The van der Waals surface area contributed by atoms with E-state index in [0.717, 1.165) is 21.2 Å². The Bertz CT molecular complexity index is 590. The maximum absolute atomic E-state index is 6.08. The van der Waals surface area contributed by atoms with Crippen molar-refractivity contribution >= 4 is 49.1 Å². The van der Waals surface area contributed by atoms with Crippen molar-refractivity contribution in [2.75, 3.05) is 12.4 Å². The highest BCUT2D eigenvalue weighted by Gasteiger charge is 2.02. The molecule has 2 aromatic carbocycles. The molecular weight excluding hydrogens is 393 g/mol. The second kappa shape index (κ2) is 6.64. The van der Waals surface area contributed by atoms with E-state index in [-0.39, 0.29) is 0 Å². The zero-order valence-electron chi connectivity index (χ0n) is 10.2. The number of methoxy groups -OCH3 is 1. The van der Waals surface area contributed by atoms with Gasteiger partial charge >= 0.3 is 0 Å². The van der Waals surface area contributed by atoms with E-state index in [1.807, 2.05) is 24.3 Å². The quantitative estimate of drug-likeness (QED) is 0.727. The predicted molar refractivity (Wildman–Crippen MR) is 87.2 cm³/mol. The van der Waals surface area contributed by atoms with E-state index >= 15 is 0 Å². The molecule has 0 unspecified atom stereocenters.